The first-order valence-electron chi connectivity index (χ1n) is 7.47. The average Bonchev–Trinajstić information content (AvgIpc) is 2.48. The van der Waals surface area contributed by atoms with E-state index in [1.807, 2.05) is 0 Å². The van der Waals surface area contributed by atoms with Gasteiger partial charge in [-0.3, -0.25) is 0 Å². The summed E-state index contributed by atoms with van der Waals surface area (Å²) in [6.07, 6.45) is 0. The van der Waals surface area contributed by atoms with Crippen molar-refractivity contribution in [2.45, 2.75) is 20.4 Å². The van der Waals surface area contributed by atoms with Crippen LogP contribution in [0.1, 0.15) is 19.4 Å². The summed E-state index contributed by atoms with van der Waals surface area (Å²) >= 11 is 0. The third-order valence-electron chi connectivity index (χ3n) is 4.11. The van der Waals surface area contributed by atoms with Gasteiger partial charge < -0.3 is 14.7 Å². The number of likely N-dealkylation sites (N-methyl/N-ethyl adjacent to an activating group) is 1. The first-order valence-corrected chi connectivity index (χ1v) is 7.47. The molecule has 1 fully saturated rings. The molecular formula is C16H27N3. The molecule has 0 amide bonds. The molecule has 0 aliphatic carbocycles. The van der Waals surface area contributed by atoms with Crippen molar-refractivity contribution in [2.24, 2.45) is 0 Å². The fourth-order valence-corrected chi connectivity index (χ4v) is 2.56. The second kappa shape index (κ2) is 6.92. The van der Waals surface area contributed by atoms with Gasteiger partial charge in [0.15, 0.2) is 0 Å². The normalized spacial score (nSPS) is 17.2. The van der Waals surface area contributed by atoms with Crippen molar-refractivity contribution in [1.82, 2.24) is 9.80 Å². The number of hydrogen-bond donors (Lipinski definition) is 0. The highest BCUT2D eigenvalue weighted by molar-refractivity contribution is 5.48. The predicted octanol–water partition coefficient (Wildman–Crippen LogP) is 2.28. The molecule has 0 aromatic heterocycles. The molecule has 1 heterocycles. The van der Waals surface area contributed by atoms with Crippen LogP contribution in [0.4, 0.5) is 5.69 Å². The highest BCUT2D eigenvalue weighted by Gasteiger charge is 2.15. The van der Waals surface area contributed by atoms with Crippen molar-refractivity contribution >= 4 is 5.69 Å². The molecule has 1 saturated heterocycles. The highest BCUT2D eigenvalue weighted by atomic mass is 15.3. The molecule has 2 rings (SSSR count). The molecule has 3 heteroatoms. The zero-order valence-corrected chi connectivity index (χ0v) is 12.6. The van der Waals surface area contributed by atoms with Crippen LogP contribution < -0.4 is 4.90 Å². The van der Waals surface area contributed by atoms with E-state index in [2.05, 4.69) is 59.9 Å². The molecule has 1 aliphatic rings. The Bertz CT molecular complexity index is 366. The molecule has 0 atom stereocenters. The van der Waals surface area contributed by atoms with Crippen LogP contribution in [-0.4, -0.2) is 56.1 Å². The van der Waals surface area contributed by atoms with Gasteiger partial charge in [-0.25, -0.2) is 0 Å². The van der Waals surface area contributed by atoms with Crippen molar-refractivity contribution in [2.75, 3.05) is 51.2 Å². The third kappa shape index (κ3) is 3.95. The summed E-state index contributed by atoms with van der Waals surface area (Å²) in [5.41, 5.74) is 2.78. The van der Waals surface area contributed by atoms with E-state index in [0.717, 1.165) is 26.2 Å². The van der Waals surface area contributed by atoms with E-state index in [1.165, 1.54) is 30.9 Å². The zero-order valence-electron chi connectivity index (χ0n) is 12.6. The lowest BCUT2D eigenvalue weighted by molar-refractivity contribution is 0.271. The van der Waals surface area contributed by atoms with Gasteiger partial charge in [0.25, 0.3) is 0 Å². The first kappa shape index (κ1) is 14.4. The summed E-state index contributed by atoms with van der Waals surface area (Å²) in [7, 11) is 2.16. The number of rotatable bonds is 5. The van der Waals surface area contributed by atoms with Gasteiger partial charge in [-0.05, 0) is 37.8 Å². The van der Waals surface area contributed by atoms with Gasteiger partial charge in [0.05, 0.1) is 0 Å². The maximum Gasteiger partial charge on any atom is 0.0367 e. The minimum atomic E-state index is 1.04. The van der Waals surface area contributed by atoms with Crippen LogP contribution >= 0.6 is 0 Å². The summed E-state index contributed by atoms with van der Waals surface area (Å²) in [6, 6.07) is 9.10. The Balaban J connectivity index is 1.91. The van der Waals surface area contributed by atoms with Gasteiger partial charge >= 0.3 is 0 Å². The minimum absolute atomic E-state index is 1.04. The number of hydrogen-bond acceptors (Lipinski definition) is 3. The van der Waals surface area contributed by atoms with Crippen LogP contribution in [0.25, 0.3) is 0 Å². The van der Waals surface area contributed by atoms with Crippen LogP contribution in [-0.2, 0) is 6.54 Å². The molecule has 0 unspecified atom stereocenters. The second-order valence-electron chi connectivity index (χ2n) is 5.42. The molecule has 1 aromatic rings. The molecule has 0 spiro atoms. The minimum Gasteiger partial charge on any atom is -0.369 e. The van der Waals surface area contributed by atoms with Crippen LogP contribution in [0.2, 0.25) is 0 Å². The van der Waals surface area contributed by atoms with Crippen LogP contribution in [0.15, 0.2) is 24.3 Å². The Labute approximate surface area is 117 Å². The predicted molar refractivity (Wildman–Crippen MR) is 82.8 cm³/mol. The van der Waals surface area contributed by atoms with Crippen molar-refractivity contribution in [3.63, 3.8) is 0 Å². The first-order chi connectivity index (χ1) is 9.22. The fourth-order valence-electron chi connectivity index (χ4n) is 2.56. The molecule has 0 N–H and O–H groups in total. The van der Waals surface area contributed by atoms with Gasteiger partial charge in [0.1, 0.15) is 0 Å². The van der Waals surface area contributed by atoms with Crippen LogP contribution in [0.3, 0.4) is 0 Å². The molecule has 19 heavy (non-hydrogen) atoms. The van der Waals surface area contributed by atoms with Gasteiger partial charge in [-0.2, -0.15) is 0 Å². The van der Waals surface area contributed by atoms with E-state index in [0.29, 0.717) is 0 Å². The largest absolute Gasteiger partial charge is 0.369 e. The molecule has 3 nitrogen and oxygen atoms in total. The Morgan fingerprint density at radius 2 is 1.63 bits per heavy atom. The van der Waals surface area contributed by atoms with Crippen molar-refractivity contribution < 1.29 is 0 Å². The van der Waals surface area contributed by atoms with Gasteiger partial charge in [-0.1, -0.05) is 26.0 Å². The highest BCUT2D eigenvalue weighted by Crippen LogP contribution is 2.17. The van der Waals surface area contributed by atoms with Crippen LogP contribution in [0, 0.1) is 0 Å². The van der Waals surface area contributed by atoms with Crippen LogP contribution in [0.5, 0.6) is 0 Å². The Kier molecular flexibility index (Phi) is 5.23. The smallest absolute Gasteiger partial charge is 0.0367 e. The molecule has 106 valence electrons. The lowest BCUT2D eigenvalue weighted by Gasteiger charge is -2.35. The summed E-state index contributed by atoms with van der Waals surface area (Å²) < 4.78 is 0. The molecule has 0 bridgehead atoms. The topological polar surface area (TPSA) is 9.72 Å². The van der Waals surface area contributed by atoms with E-state index < -0.39 is 0 Å². The summed E-state index contributed by atoms with van der Waals surface area (Å²) in [6.45, 7) is 12.4. The summed E-state index contributed by atoms with van der Waals surface area (Å²) in [4.78, 5) is 7.34. The monoisotopic (exact) mass is 261 g/mol. The van der Waals surface area contributed by atoms with E-state index in [-0.39, 0.29) is 0 Å². The summed E-state index contributed by atoms with van der Waals surface area (Å²) in [5, 5.41) is 0. The number of piperazine rings is 1. The lowest BCUT2D eigenvalue weighted by atomic mass is 10.1. The molecule has 0 saturated carbocycles. The zero-order chi connectivity index (χ0) is 13.7. The standard InChI is InChI=1S/C16H27N3/c1-4-17(3)14-15-6-8-16(9-7-15)19-12-10-18(5-2)11-13-19/h6-9H,4-5,10-14H2,1-3H3. The molecule has 0 radical (unpaired) electrons. The van der Waals surface area contributed by atoms with Crippen molar-refractivity contribution in [3.8, 4) is 0 Å². The van der Waals surface area contributed by atoms with Gasteiger partial charge in [0, 0.05) is 38.4 Å². The van der Waals surface area contributed by atoms with E-state index in [4.69, 9.17) is 0 Å². The third-order valence-corrected chi connectivity index (χ3v) is 4.11. The Hall–Kier alpha value is -1.06. The molecular weight excluding hydrogens is 234 g/mol. The second-order valence-corrected chi connectivity index (χ2v) is 5.42. The van der Waals surface area contributed by atoms with E-state index in [1.54, 1.807) is 0 Å². The van der Waals surface area contributed by atoms with Crippen molar-refractivity contribution in [3.05, 3.63) is 29.8 Å². The van der Waals surface area contributed by atoms with Crippen molar-refractivity contribution in [1.29, 1.82) is 0 Å². The summed E-state index contributed by atoms with van der Waals surface area (Å²) in [5.74, 6) is 0. The number of nitrogens with zero attached hydrogens (tertiary/aromatic N) is 3. The SMILES string of the molecule is CCN(C)Cc1ccc(N2CCN(CC)CC2)cc1. The Morgan fingerprint density at radius 3 is 2.16 bits per heavy atom. The van der Waals surface area contributed by atoms with E-state index in [9.17, 15) is 0 Å². The quantitative estimate of drug-likeness (QED) is 0.805. The van der Waals surface area contributed by atoms with Gasteiger partial charge in [-0.15, -0.1) is 0 Å². The maximum atomic E-state index is 2.51. The molecule has 1 aromatic carbocycles. The molecule has 1 aliphatic heterocycles. The fraction of sp³-hybridized carbons (Fsp3) is 0.625. The number of benzene rings is 1. The maximum absolute atomic E-state index is 2.51. The number of anilines is 1. The van der Waals surface area contributed by atoms with E-state index >= 15 is 0 Å². The average molecular weight is 261 g/mol. The van der Waals surface area contributed by atoms with Gasteiger partial charge in [0.2, 0.25) is 0 Å². The lowest BCUT2D eigenvalue weighted by Crippen LogP contribution is -2.46. The Morgan fingerprint density at radius 1 is 1.00 bits per heavy atom.